The van der Waals surface area contributed by atoms with Crippen molar-refractivity contribution in [1.82, 2.24) is 5.32 Å². The number of rotatable bonds is 8. The first-order valence-electron chi connectivity index (χ1n) is 8.61. The Morgan fingerprint density at radius 3 is 2.32 bits per heavy atom. The summed E-state index contributed by atoms with van der Waals surface area (Å²) in [5.74, 6) is 1.77. The summed E-state index contributed by atoms with van der Waals surface area (Å²) >= 11 is 0. The summed E-state index contributed by atoms with van der Waals surface area (Å²) < 4.78 is 5.96. The SMILES string of the molecule is CCCNC(CC1CCC1)C(OC)C1CCCCC1. The maximum Gasteiger partial charge on any atom is 0.0752 e. The predicted molar refractivity (Wildman–Crippen MR) is 81.4 cm³/mol. The Morgan fingerprint density at radius 2 is 1.79 bits per heavy atom. The first kappa shape index (κ1) is 15.3. The number of methoxy groups -OCH3 is 1. The van der Waals surface area contributed by atoms with Gasteiger partial charge >= 0.3 is 0 Å². The number of ether oxygens (including phenoxy) is 1. The second-order valence-electron chi connectivity index (χ2n) is 6.69. The van der Waals surface area contributed by atoms with Gasteiger partial charge in [-0.3, -0.25) is 0 Å². The van der Waals surface area contributed by atoms with Crippen LogP contribution in [-0.4, -0.2) is 25.8 Å². The zero-order valence-electron chi connectivity index (χ0n) is 13.0. The molecular formula is C17H33NO. The van der Waals surface area contributed by atoms with Gasteiger partial charge in [0.2, 0.25) is 0 Å². The molecule has 0 aromatic heterocycles. The number of nitrogens with one attached hydrogen (secondary N) is 1. The van der Waals surface area contributed by atoms with E-state index < -0.39 is 0 Å². The second kappa shape index (κ2) is 8.26. The van der Waals surface area contributed by atoms with Crippen LogP contribution in [0.1, 0.15) is 71.1 Å². The van der Waals surface area contributed by atoms with Gasteiger partial charge in [0.1, 0.15) is 0 Å². The molecule has 0 radical (unpaired) electrons. The molecule has 2 fully saturated rings. The Bertz CT molecular complexity index is 233. The molecule has 1 N–H and O–H groups in total. The van der Waals surface area contributed by atoms with Gasteiger partial charge in [-0.15, -0.1) is 0 Å². The molecule has 0 heterocycles. The smallest absolute Gasteiger partial charge is 0.0752 e. The average molecular weight is 267 g/mol. The fraction of sp³-hybridized carbons (Fsp3) is 1.00. The first-order chi connectivity index (χ1) is 9.35. The van der Waals surface area contributed by atoms with Gasteiger partial charge in [-0.2, -0.15) is 0 Å². The third-order valence-electron chi connectivity index (χ3n) is 5.25. The lowest BCUT2D eigenvalue weighted by molar-refractivity contribution is -0.00131. The highest BCUT2D eigenvalue weighted by Crippen LogP contribution is 2.35. The minimum Gasteiger partial charge on any atom is -0.380 e. The highest BCUT2D eigenvalue weighted by molar-refractivity contribution is 4.88. The van der Waals surface area contributed by atoms with Crippen molar-refractivity contribution in [2.45, 2.75) is 83.3 Å². The molecule has 0 bridgehead atoms. The highest BCUT2D eigenvalue weighted by atomic mass is 16.5. The zero-order chi connectivity index (χ0) is 13.5. The van der Waals surface area contributed by atoms with E-state index in [2.05, 4.69) is 12.2 Å². The Morgan fingerprint density at radius 1 is 1.05 bits per heavy atom. The van der Waals surface area contributed by atoms with Crippen molar-refractivity contribution in [2.24, 2.45) is 11.8 Å². The number of hydrogen-bond donors (Lipinski definition) is 1. The number of hydrogen-bond acceptors (Lipinski definition) is 2. The molecule has 2 aliphatic rings. The average Bonchev–Trinajstić information content (AvgIpc) is 2.41. The summed E-state index contributed by atoms with van der Waals surface area (Å²) in [6.07, 6.45) is 14.4. The lowest BCUT2D eigenvalue weighted by atomic mass is 9.76. The van der Waals surface area contributed by atoms with E-state index in [1.165, 1.54) is 64.2 Å². The molecule has 0 spiro atoms. The predicted octanol–water partition coefficient (Wildman–Crippen LogP) is 4.14. The molecule has 2 aliphatic carbocycles. The molecule has 0 aromatic rings. The van der Waals surface area contributed by atoms with E-state index in [9.17, 15) is 0 Å². The van der Waals surface area contributed by atoms with E-state index in [1.807, 2.05) is 7.11 Å². The Kier molecular flexibility index (Phi) is 6.66. The summed E-state index contributed by atoms with van der Waals surface area (Å²) in [7, 11) is 1.93. The minimum atomic E-state index is 0.451. The standard InChI is InChI=1S/C17H33NO/c1-3-12-18-16(13-14-8-7-9-14)17(19-2)15-10-5-4-6-11-15/h14-18H,3-13H2,1-2H3. The maximum absolute atomic E-state index is 5.96. The van der Waals surface area contributed by atoms with Gasteiger partial charge < -0.3 is 10.1 Å². The van der Waals surface area contributed by atoms with Crippen LogP contribution in [0.3, 0.4) is 0 Å². The zero-order valence-corrected chi connectivity index (χ0v) is 13.0. The molecule has 112 valence electrons. The summed E-state index contributed by atoms with van der Waals surface area (Å²) in [4.78, 5) is 0. The highest BCUT2D eigenvalue weighted by Gasteiger charge is 2.33. The monoisotopic (exact) mass is 267 g/mol. The van der Waals surface area contributed by atoms with E-state index in [-0.39, 0.29) is 0 Å². The summed E-state index contributed by atoms with van der Waals surface area (Å²) in [5.41, 5.74) is 0. The van der Waals surface area contributed by atoms with Gasteiger partial charge in [0, 0.05) is 13.2 Å². The van der Waals surface area contributed by atoms with E-state index in [0.717, 1.165) is 18.4 Å². The van der Waals surface area contributed by atoms with Gasteiger partial charge in [-0.05, 0) is 44.1 Å². The van der Waals surface area contributed by atoms with E-state index in [4.69, 9.17) is 4.74 Å². The molecule has 0 aliphatic heterocycles. The van der Waals surface area contributed by atoms with Crippen molar-refractivity contribution in [2.75, 3.05) is 13.7 Å². The molecule has 2 nitrogen and oxygen atoms in total. The Balaban J connectivity index is 1.90. The molecule has 2 saturated carbocycles. The van der Waals surface area contributed by atoms with Crippen LogP contribution in [0, 0.1) is 11.8 Å². The topological polar surface area (TPSA) is 21.3 Å². The molecular weight excluding hydrogens is 234 g/mol. The molecule has 2 atom stereocenters. The second-order valence-corrected chi connectivity index (χ2v) is 6.69. The quantitative estimate of drug-likeness (QED) is 0.713. The largest absolute Gasteiger partial charge is 0.380 e. The molecule has 2 rings (SSSR count). The Hall–Kier alpha value is -0.0800. The fourth-order valence-corrected chi connectivity index (χ4v) is 3.90. The van der Waals surface area contributed by atoms with Crippen molar-refractivity contribution in [3.05, 3.63) is 0 Å². The fourth-order valence-electron chi connectivity index (χ4n) is 3.90. The van der Waals surface area contributed by atoms with Crippen LogP contribution in [0.25, 0.3) is 0 Å². The summed E-state index contributed by atoms with van der Waals surface area (Å²) in [5, 5.41) is 3.79. The summed E-state index contributed by atoms with van der Waals surface area (Å²) in [6.45, 7) is 3.40. The van der Waals surface area contributed by atoms with Gasteiger partial charge in [0.25, 0.3) is 0 Å². The molecule has 19 heavy (non-hydrogen) atoms. The minimum absolute atomic E-state index is 0.451. The van der Waals surface area contributed by atoms with Gasteiger partial charge in [-0.1, -0.05) is 45.4 Å². The maximum atomic E-state index is 5.96. The molecule has 0 aromatic carbocycles. The van der Waals surface area contributed by atoms with E-state index >= 15 is 0 Å². The molecule has 2 unspecified atom stereocenters. The normalized spacial score (nSPS) is 24.9. The van der Waals surface area contributed by atoms with Crippen molar-refractivity contribution in [3.8, 4) is 0 Å². The lowest BCUT2D eigenvalue weighted by Gasteiger charge is -2.38. The third kappa shape index (κ3) is 4.46. The van der Waals surface area contributed by atoms with Crippen LogP contribution in [0.15, 0.2) is 0 Å². The van der Waals surface area contributed by atoms with Gasteiger partial charge in [0.05, 0.1) is 6.10 Å². The third-order valence-corrected chi connectivity index (χ3v) is 5.25. The van der Waals surface area contributed by atoms with Gasteiger partial charge in [-0.25, -0.2) is 0 Å². The molecule has 0 amide bonds. The van der Waals surface area contributed by atoms with E-state index in [1.54, 1.807) is 0 Å². The van der Waals surface area contributed by atoms with Crippen LogP contribution in [0.4, 0.5) is 0 Å². The van der Waals surface area contributed by atoms with Crippen LogP contribution in [0.2, 0.25) is 0 Å². The van der Waals surface area contributed by atoms with Crippen LogP contribution in [-0.2, 0) is 4.74 Å². The Labute approximate surface area is 119 Å². The van der Waals surface area contributed by atoms with E-state index in [0.29, 0.717) is 12.1 Å². The molecule has 2 heteroatoms. The van der Waals surface area contributed by atoms with Crippen molar-refractivity contribution in [3.63, 3.8) is 0 Å². The lowest BCUT2D eigenvalue weighted by Crippen LogP contribution is -2.47. The van der Waals surface area contributed by atoms with Crippen LogP contribution < -0.4 is 5.32 Å². The van der Waals surface area contributed by atoms with Crippen LogP contribution in [0.5, 0.6) is 0 Å². The van der Waals surface area contributed by atoms with Crippen molar-refractivity contribution in [1.29, 1.82) is 0 Å². The molecule has 0 saturated heterocycles. The van der Waals surface area contributed by atoms with Crippen molar-refractivity contribution < 1.29 is 4.74 Å². The van der Waals surface area contributed by atoms with Crippen molar-refractivity contribution >= 4 is 0 Å². The van der Waals surface area contributed by atoms with Gasteiger partial charge in [0.15, 0.2) is 0 Å². The summed E-state index contributed by atoms with van der Waals surface area (Å²) in [6, 6.07) is 0.596. The van der Waals surface area contributed by atoms with Crippen LogP contribution >= 0.6 is 0 Å². The first-order valence-corrected chi connectivity index (χ1v) is 8.61.